The van der Waals surface area contributed by atoms with Gasteiger partial charge in [-0.15, -0.1) is 0 Å². The van der Waals surface area contributed by atoms with Crippen molar-refractivity contribution in [1.29, 1.82) is 0 Å². The summed E-state index contributed by atoms with van der Waals surface area (Å²) in [5.41, 5.74) is -0.900. The Morgan fingerprint density at radius 1 is 1.35 bits per heavy atom. The summed E-state index contributed by atoms with van der Waals surface area (Å²) in [6.45, 7) is 9.36. The van der Waals surface area contributed by atoms with Crippen LogP contribution in [0, 0.1) is 5.92 Å². The van der Waals surface area contributed by atoms with Crippen molar-refractivity contribution in [2.45, 2.75) is 57.4 Å². The van der Waals surface area contributed by atoms with Crippen LogP contribution in [-0.4, -0.2) is 39.6 Å². The first-order valence-corrected chi connectivity index (χ1v) is 8.36. The van der Waals surface area contributed by atoms with Gasteiger partial charge in [0.05, 0.1) is 0 Å². The van der Waals surface area contributed by atoms with E-state index in [9.17, 15) is 13.6 Å². The molecule has 102 valence electrons. The highest BCUT2D eigenvalue weighted by Crippen LogP contribution is 2.48. The van der Waals surface area contributed by atoms with Crippen LogP contribution in [0.5, 0.6) is 0 Å². The molecule has 0 saturated carbocycles. The molecule has 2 N–H and O–H groups in total. The van der Waals surface area contributed by atoms with Gasteiger partial charge < -0.3 is 5.21 Å². The van der Waals surface area contributed by atoms with E-state index in [0.717, 1.165) is 0 Å². The topological polar surface area (TPSA) is 77.8 Å². The van der Waals surface area contributed by atoms with E-state index in [2.05, 4.69) is 0 Å². The molecule has 1 aliphatic heterocycles. The number of hydrogen-bond donors (Lipinski definition) is 2. The number of nitrogens with zero attached hydrogens (tertiary/aromatic N) is 1. The zero-order valence-electron chi connectivity index (χ0n) is 10.8. The fourth-order valence-corrected chi connectivity index (χ4v) is 5.31. The van der Waals surface area contributed by atoms with Crippen LogP contribution in [0.15, 0.2) is 0 Å². The maximum Gasteiger partial charge on any atom is 0.319 e. The van der Waals surface area contributed by atoms with E-state index in [0.29, 0.717) is 17.2 Å². The Morgan fingerprint density at radius 3 is 2.12 bits per heavy atom. The maximum atomic E-state index is 10.9. The van der Waals surface area contributed by atoms with Gasteiger partial charge in [-0.1, -0.05) is 6.92 Å². The van der Waals surface area contributed by atoms with Crippen molar-refractivity contribution in [3.05, 3.63) is 0 Å². The monoisotopic (exact) mass is 283 g/mol. The maximum absolute atomic E-state index is 10.9. The third-order valence-electron chi connectivity index (χ3n) is 3.59. The van der Waals surface area contributed by atoms with Crippen LogP contribution in [0.4, 0.5) is 0 Å². The lowest BCUT2D eigenvalue weighted by Gasteiger charge is -2.37. The van der Waals surface area contributed by atoms with E-state index in [1.807, 2.05) is 27.7 Å². The summed E-state index contributed by atoms with van der Waals surface area (Å²) in [6, 6.07) is 0. The molecule has 1 heterocycles. The van der Waals surface area contributed by atoms with Gasteiger partial charge in [-0.2, -0.15) is 13.5 Å². The average Bonchev–Trinajstić information content (AvgIpc) is 2.23. The van der Waals surface area contributed by atoms with E-state index in [-0.39, 0.29) is 16.7 Å². The van der Waals surface area contributed by atoms with E-state index >= 15 is 0 Å². The Morgan fingerprint density at radius 2 is 1.82 bits per heavy atom. The standard InChI is InChI=1S/C10H21NO4S2/c1-7(16-17(13,14)15)8-6-9(2,3)11(12)10(8,4)5/h7-8,12H,6H2,1-5H3,(H,13,14,15). The Bertz CT molecular complexity index is 391. The third-order valence-corrected chi connectivity index (χ3v) is 6.10. The second-order valence-electron chi connectivity index (χ2n) is 5.82. The highest BCUT2D eigenvalue weighted by Gasteiger charge is 2.53. The number of hydroxylamine groups is 2. The first-order valence-electron chi connectivity index (χ1n) is 5.53. The summed E-state index contributed by atoms with van der Waals surface area (Å²) in [5, 5.41) is 11.1. The second-order valence-corrected chi connectivity index (χ2v) is 9.45. The van der Waals surface area contributed by atoms with Gasteiger partial charge in [-0.05, 0) is 50.8 Å². The molecule has 1 fully saturated rings. The Balaban J connectivity index is 2.93. The van der Waals surface area contributed by atoms with Crippen molar-refractivity contribution in [3.63, 3.8) is 0 Å². The van der Waals surface area contributed by atoms with Crippen LogP contribution in [0.3, 0.4) is 0 Å². The molecule has 0 aromatic carbocycles. The van der Waals surface area contributed by atoms with Crippen molar-refractivity contribution in [3.8, 4) is 0 Å². The van der Waals surface area contributed by atoms with Gasteiger partial charge in [0, 0.05) is 16.3 Å². The van der Waals surface area contributed by atoms with Crippen molar-refractivity contribution in [2.24, 2.45) is 5.92 Å². The van der Waals surface area contributed by atoms with Gasteiger partial charge in [0.1, 0.15) is 0 Å². The minimum atomic E-state index is -4.05. The van der Waals surface area contributed by atoms with Crippen LogP contribution < -0.4 is 0 Å². The molecule has 2 unspecified atom stereocenters. The molecule has 0 spiro atoms. The first kappa shape index (κ1) is 15.2. The van der Waals surface area contributed by atoms with Gasteiger partial charge in [0.25, 0.3) is 0 Å². The summed E-state index contributed by atoms with van der Waals surface area (Å²) in [7, 11) is -3.50. The predicted molar refractivity (Wildman–Crippen MR) is 68.5 cm³/mol. The zero-order chi connectivity index (χ0) is 13.6. The zero-order valence-corrected chi connectivity index (χ0v) is 12.5. The van der Waals surface area contributed by atoms with E-state index in [1.165, 1.54) is 5.06 Å². The SMILES string of the molecule is CC(SS(=O)(=O)O)C1CC(C)(C)N(O)C1(C)C. The quantitative estimate of drug-likeness (QED) is 0.610. The van der Waals surface area contributed by atoms with Gasteiger partial charge in [-0.25, -0.2) is 0 Å². The van der Waals surface area contributed by atoms with Crippen molar-refractivity contribution in [2.75, 3.05) is 0 Å². The van der Waals surface area contributed by atoms with Crippen molar-refractivity contribution < 1.29 is 18.2 Å². The van der Waals surface area contributed by atoms with Crippen LogP contribution in [0.1, 0.15) is 41.0 Å². The van der Waals surface area contributed by atoms with E-state index < -0.39 is 14.7 Å². The fourth-order valence-electron chi connectivity index (χ4n) is 2.81. The van der Waals surface area contributed by atoms with Crippen molar-refractivity contribution >= 4 is 19.9 Å². The van der Waals surface area contributed by atoms with E-state index in [1.54, 1.807) is 6.92 Å². The highest BCUT2D eigenvalue weighted by atomic mass is 33.1. The molecule has 2 atom stereocenters. The molecule has 0 aliphatic carbocycles. The molecular formula is C10H21NO4S2. The van der Waals surface area contributed by atoms with Crippen LogP contribution in [0.2, 0.25) is 0 Å². The highest BCUT2D eigenvalue weighted by molar-refractivity contribution is 8.70. The van der Waals surface area contributed by atoms with Crippen molar-refractivity contribution in [1.82, 2.24) is 5.06 Å². The summed E-state index contributed by atoms with van der Waals surface area (Å²) >= 11 is 0. The summed E-state index contributed by atoms with van der Waals surface area (Å²) < 4.78 is 30.7. The van der Waals surface area contributed by atoms with Crippen LogP contribution >= 0.6 is 10.8 Å². The fraction of sp³-hybridized carbons (Fsp3) is 1.00. The average molecular weight is 283 g/mol. The third kappa shape index (κ3) is 3.14. The lowest BCUT2D eigenvalue weighted by atomic mass is 9.85. The van der Waals surface area contributed by atoms with Gasteiger partial charge in [0.2, 0.25) is 0 Å². The molecule has 0 bridgehead atoms. The predicted octanol–water partition coefficient (Wildman–Crippen LogP) is 2.18. The molecule has 5 nitrogen and oxygen atoms in total. The molecule has 1 saturated heterocycles. The molecule has 1 rings (SSSR count). The molecule has 7 heteroatoms. The lowest BCUT2D eigenvalue weighted by molar-refractivity contribution is -0.196. The molecule has 0 amide bonds. The smallest absolute Gasteiger partial charge is 0.313 e. The largest absolute Gasteiger partial charge is 0.319 e. The van der Waals surface area contributed by atoms with Crippen LogP contribution in [-0.2, 0) is 9.15 Å². The molecule has 17 heavy (non-hydrogen) atoms. The second kappa shape index (κ2) is 4.38. The van der Waals surface area contributed by atoms with E-state index in [4.69, 9.17) is 4.55 Å². The molecule has 0 aromatic heterocycles. The normalized spacial score (nSPS) is 30.4. The lowest BCUT2D eigenvalue weighted by Crippen LogP contribution is -2.48. The van der Waals surface area contributed by atoms with Gasteiger partial charge in [-0.3, -0.25) is 4.55 Å². The Hall–Kier alpha value is 0.180. The number of rotatable bonds is 3. The summed E-state index contributed by atoms with van der Waals surface area (Å²) in [4.78, 5) is 0. The molecule has 0 aromatic rings. The summed E-state index contributed by atoms with van der Waals surface area (Å²) in [5.74, 6) is -0.0191. The first-order chi connectivity index (χ1) is 7.38. The minimum absolute atomic E-state index is 0.0191. The number of hydrogen-bond acceptors (Lipinski definition) is 5. The summed E-state index contributed by atoms with van der Waals surface area (Å²) in [6.07, 6.45) is 0.681. The molecule has 0 radical (unpaired) electrons. The molecule has 1 aliphatic rings. The molecular weight excluding hydrogens is 262 g/mol. The van der Waals surface area contributed by atoms with Crippen LogP contribution in [0.25, 0.3) is 0 Å². The Kier molecular flexibility index (Phi) is 3.92. The Labute approximate surface area is 107 Å². The minimum Gasteiger partial charge on any atom is -0.313 e. The van der Waals surface area contributed by atoms with Gasteiger partial charge in [0.15, 0.2) is 0 Å². The van der Waals surface area contributed by atoms with Gasteiger partial charge >= 0.3 is 9.15 Å².